The molecule has 0 aliphatic heterocycles. The van der Waals surface area contributed by atoms with Gasteiger partial charge >= 0.3 is 0 Å². The zero-order valence-electron chi connectivity index (χ0n) is 11.2. The van der Waals surface area contributed by atoms with Crippen molar-refractivity contribution in [2.75, 3.05) is 11.9 Å². The monoisotopic (exact) mass is 243 g/mol. The zero-order valence-corrected chi connectivity index (χ0v) is 11.2. The van der Waals surface area contributed by atoms with Crippen molar-refractivity contribution in [3.05, 3.63) is 29.8 Å². The fraction of sp³-hybridized carbons (Fsp3) is 0.533. The van der Waals surface area contributed by atoms with E-state index in [2.05, 4.69) is 49.2 Å². The summed E-state index contributed by atoms with van der Waals surface area (Å²) in [5.74, 6) is 0. The van der Waals surface area contributed by atoms with Crippen LogP contribution in [0.5, 0.6) is 0 Å². The minimum Gasteiger partial charge on any atom is -0.372 e. The van der Waals surface area contributed by atoms with E-state index in [4.69, 9.17) is 11.0 Å². The number of benzene rings is 1. The normalized spacial score (nSPS) is 27.6. The van der Waals surface area contributed by atoms with Gasteiger partial charge in [0.15, 0.2) is 0 Å². The van der Waals surface area contributed by atoms with Crippen molar-refractivity contribution in [1.82, 2.24) is 0 Å². The van der Waals surface area contributed by atoms with E-state index in [-0.39, 0.29) is 0 Å². The first-order valence-electron chi connectivity index (χ1n) is 6.54. The van der Waals surface area contributed by atoms with Crippen LogP contribution in [0.15, 0.2) is 24.3 Å². The topological polar surface area (TPSA) is 53.0 Å². The van der Waals surface area contributed by atoms with Crippen molar-refractivity contribution in [3.63, 3.8) is 0 Å². The van der Waals surface area contributed by atoms with Gasteiger partial charge in [-0.3, -0.25) is 0 Å². The first kappa shape index (κ1) is 12.9. The van der Waals surface area contributed by atoms with Crippen LogP contribution < -0.4 is 10.6 Å². The summed E-state index contributed by atoms with van der Waals surface area (Å²) in [6.07, 6.45) is 3.58. The quantitative estimate of drug-likeness (QED) is 0.868. The van der Waals surface area contributed by atoms with Crippen LogP contribution in [-0.4, -0.2) is 18.6 Å². The molecule has 18 heavy (non-hydrogen) atoms. The van der Waals surface area contributed by atoms with Gasteiger partial charge in [0.05, 0.1) is 6.07 Å². The third-order valence-electron chi connectivity index (χ3n) is 4.06. The maximum atomic E-state index is 9.03. The molecule has 2 rings (SSSR count). The highest BCUT2D eigenvalue weighted by atomic mass is 15.1. The molecule has 0 unspecified atom stereocenters. The molecule has 0 heterocycles. The number of aryl methyl sites for hydroxylation is 1. The van der Waals surface area contributed by atoms with Crippen molar-refractivity contribution in [1.29, 1.82) is 5.26 Å². The SMILES string of the molecule is Cc1ccc(N(C)C2CCC(N)(C#N)CC2)cc1. The molecule has 1 aliphatic rings. The Hall–Kier alpha value is -1.53. The maximum absolute atomic E-state index is 9.03. The van der Waals surface area contributed by atoms with Crippen molar-refractivity contribution in [2.45, 2.75) is 44.2 Å². The highest BCUT2D eigenvalue weighted by Crippen LogP contribution is 2.30. The second kappa shape index (κ2) is 4.99. The van der Waals surface area contributed by atoms with Crippen LogP contribution in [0.4, 0.5) is 5.69 Å². The van der Waals surface area contributed by atoms with Crippen LogP contribution in [0.25, 0.3) is 0 Å². The highest BCUT2D eigenvalue weighted by molar-refractivity contribution is 5.47. The Morgan fingerprint density at radius 1 is 1.28 bits per heavy atom. The van der Waals surface area contributed by atoms with Crippen LogP contribution >= 0.6 is 0 Å². The van der Waals surface area contributed by atoms with Gasteiger partial charge in [0.25, 0.3) is 0 Å². The smallest absolute Gasteiger partial charge is 0.104 e. The molecule has 2 N–H and O–H groups in total. The van der Waals surface area contributed by atoms with Crippen LogP contribution in [0, 0.1) is 18.3 Å². The number of nitrogens with zero attached hydrogens (tertiary/aromatic N) is 2. The Balaban J connectivity index is 2.02. The molecular formula is C15H21N3. The molecular weight excluding hydrogens is 222 g/mol. The molecule has 1 aromatic rings. The maximum Gasteiger partial charge on any atom is 0.104 e. The summed E-state index contributed by atoms with van der Waals surface area (Å²) >= 11 is 0. The van der Waals surface area contributed by atoms with E-state index in [1.165, 1.54) is 11.3 Å². The molecule has 96 valence electrons. The molecule has 0 aromatic heterocycles. The number of anilines is 1. The number of nitrogens with two attached hydrogens (primary N) is 1. The second-order valence-electron chi connectivity index (χ2n) is 5.45. The summed E-state index contributed by atoms with van der Waals surface area (Å²) in [6.45, 7) is 2.10. The third-order valence-corrected chi connectivity index (χ3v) is 4.06. The van der Waals surface area contributed by atoms with Crippen LogP contribution in [0.1, 0.15) is 31.2 Å². The molecule has 0 atom stereocenters. The minimum atomic E-state index is -0.593. The first-order chi connectivity index (χ1) is 8.54. The number of hydrogen-bond donors (Lipinski definition) is 1. The molecule has 0 saturated heterocycles. The van der Waals surface area contributed by atoms with Crippen molar-refractivity contribution in [2.24, 2.45) is 5.73 Å². The fourth-order valence-corrected chi connectivity index (χ4v) is 2.61. The van der Waals surface area contributed by atoms with Gasteiger partial charge in [0.2, 0.25) is 0 Å². The summed E-state index contributed by atoms with van der Waals surface area (Å²) in [5.41, 5.74) is 7.93. The Morgan fingerprint density at radius 3 is 2.33 bits per heavy atom. The van der Waals surface area contributed by atoms with E-state index in [9.17, 15) is 0 Å². The third kappa shape index (κ3) is 2.65. The number of nitriles is 1. The summed E-state index contributed by atoms with van der Waals surface area (Å²) in [4.78, 5) is 2.32. The molecule has 0 amide bonds. The van der Waals surface area contributed by atoms with Gasteiger partial charge in [-0.15, -0.1) is 0 Å². The van der Waals surface area contributed by atoms with Crippen LogP contribution in [-0.2, 0) is 0 Å². The van der Waals surface area contributed by atoms with Gasteiger partial charge < -0.3 is 10.6 Å². The lowest BCUT2D eigenvalue weighted by atomic mass is 9.80. The van der Waals surface area contributed by atoms with E-state index >= 15 is 0 Å². The van der Waals surface area contributed by atoms with Gasteiger partial charge in [-0.2, -0.15) is 5.26 Å². The van der Waals surface area contributed by atoms with E-state index in [1.807, 2.05) is 0 Å². The summed E-state index contributed by atoms with van der Waals surface area (Å²) in [7, 11) is 2.13. The standard InChI is InChI=1S/C15H21N3/c1-12-3-5-13(6-4-12)18(2)14-7-9-15(17,11-16)10-8-14/h3-6,14H,7-10,17H2,1-2H3. The average molecular weight is 243 g/mol. The first-order valence-corrected chi connectivity index (χ1v) is 6.54. The number of hydrogen-bond acceptors (Lipinski definition) is 3. The van der Waals surface area contributed by atoms with Gasteiger partial charge in [-0.1, -0.05) is 17.7 Å². The Kier molecular flexibility index (Phi) is 3.58. The zero-order chi connectivity index (χ0) is 13.2. The minimum absolute atomic E-state index is 0.498. The van der Waals surface area contributed by atoms with Gasteiger partial charge in [-0.05, 0) is 44.7 Å². The lowest BCUT2D eigenvalue weighted by Gasteiger charge is -2.38. The van der Waals surface area contributed by atoms with E-state index < -0.39 is 5.54 Å². The van der Waals surface area contributed by atoms with Crippen LogP contribution in [0.2, 0.25) is 0 Å². The average Bonchev–Trinajstić information content (AvgIpc) is 2.40. The lowest BCUT2D eigenvalue weighted by molar-refractivity contribution is 0.327. The molecule has 0 spiro atoms. The lowest BCUT2D eigenvalue weighted by Crippen LogP contribution is -2.46. The highest BCUT2D eigenvalue weighted by Gasteiger charge is 2.33. The Bertz CT molecular complexity index is 436. The Morgan fingerprint density at radius 2 is 1.83 bits per heavy atom. The van der Waals surface area contributed by atoms with E-state index in [0.717, 1.165) is 25.7 Å². The molecule has 1 aliphatic carbocycles. The van der Waals surface area contributed by atoms with Crippen molar-refractivity contribution < 1.29 is 0 Å². The molecule has 1 aromatic carbocycles. The summed E-state index contributed by atoms with van der Waals surface area (Å²) < 4.78 is 0. The largest absolute Gasteiger partial charge is 0.372 e. The van der Waals surface area contributed by atoms with Crippen LogP contribution in [0.3, 0.4) is 0 Å². The second-order valence-corrected chi connectivity index (χ2v) is 5.45. The predicted molar refractivity (Wildman–Crippen MR) is 74.4 cm³/mol. The van der Waals surface area contributed by atoms with E-state index in [0.29, 0.717) is 6.04 Å². The van der Waals surface area contributed by atoms with Gasteiger partial charge in [0.1, 0.15) is 5.54 Å². The summed E-state index contributed by atoms with van der Waals surface area (Å²) in [6, 6.07) is 11.3. The van der Waals surface area contributed by atoms with Gasteiger partial charge in [0, 0.05) is 18.8 Å². The predicted octanol–water partition coefficient (Wildman–Crippen LogP) is 2.59. The van der Waals surface area contributed by atoms with Crippen molar-refractivity contribution in [3.8, 4) is 6.07 Å². The molecule has 0 bridgehead atoms. The summed E-state index contributed by atoms with van der Waals surface area (Å²) in [5, 5.41) is 9.03. The molecule has 0 radical (unpaired) electrons. The molecule has 1 fully saturated rings. The van der Waals surface area contributed by atoms with E-state index in [1.54, 1.807) is 0 Å². The van der Waals surface area contributed by atoms with Crippen molar-refractivity contribution >= 4 is 5.69 Å². The molecule has 1 saturated carbocycles. The molecule has 3 nitrogen and oxygen atoms in total. The molecule has 3 heteroatoms. The Labute approximate surface area is 109 Å². The number of rotatable bonds is 2. The van der Waals surface area contributed by atoms with Gasteiger partial charge in [-0.25, -0.2) is 0 Å². The fourth-order valence-electron chi connectivity index (χ4n) is 2.61.